The van der Waals surface area contributed by atoms with E-state index in [9.17, 15) is 14.9 Å². The third-order valence-electron chi connectivity index (χ3n) is 6.60. The van der Waals surface area contributed by atoms with Crippen LogP contribution in [-0.4, -0.2) is 35.4 Å². The van der Waals surface area contributed by atoms with E-state index in [4.69, 9.17) is 4.74 Å². The lowest BCUT2D eigenvalue weighted by Crippen LogP contribution is -2.54. The van der Waals surface area contributed by atoms with Crippen molar-refractivity contribution in [1.82, 2.24) is 4.90 Å². The van der Waals surface area contributed by atoms with Gasteiger partial charge in [-0.3, -0.25) is 19.8 Å². The molecule has 5 rings (SSSR count). The summed E-state index contributed by atoms with van der Waals surface area (Å²) in [5, 5.41) is 15.4. The average molecular weight is 429 g/mol. The number of carbonyl (C=O) groups excluding carboxylic acids is 1. The molecule has 162 valence electrons. The van der Waals surface area contributed by atoms with Gasteiger partial charge in [-0.2, -0.15) is 0 Å². The number of para-hydroxylation sites is 2. The first-order chi connectivity index (χ1) is 15.5. The summed E-state index contributed by atoms with van der Waals surface area (Å²) < 4.78 is 6.10. The number of likely N-dealkylation sites (tertiary alicyclic amines) is 1. The van der Waals surface area contributed by atoms with Gasteiger partial charge in [0.15, 0.2) is 5.54 Å². The molecule has 1 saturated heterocycles. The zero-order valence-electron chi connectivity index (χ0n) is 17.6. The van der Waals surface area contributed by atoms with Gasteiger partial charge in [-0.25, -0.2) is 0 Å². The smallest absolute Gasteiger partial charge is 0.256 e. The van der Waals surface area contributed by atoms with Gasteiger partial charge in [0, 0.05) is 28.3 Å². The first-order valence-corrected chi connectivity index (χ1v) is 10.5. The second-order valence-corrected chi connectivity index (χ2v) is 8.30. The van der Waals surface area contributed by atoms with Gasteiger partial charge in [0.1, 0.15) is 12.4 Å². The van der Waals surface area contributed by atoms with Crippen LogP contribution in [0.4, 0.5) is 5.69 Å². The maximum absolute atomic E-state index is 13.3. The van der Waals surface area contributed by atoms with Gasteiger partial charge >= 0.3 is 0 Å². The topological polar surface area (TPSA) is 84.7 Å². The number of ether oxygens (including phenoxy) is 1. The standard InChI is InChI=1S/C25H23N3O4/c1-27-15-19(18-11-5-8-14-22(18)32-16-17-9-3-2-4-10-17)23(28(30)31)25(27)20-12-6-7-13-21(20)26-24(25)29/h2-14,19,23H,15-16H2,1H3,(H,26,29)/t19-,23-,25+/m1/s1. The Hall–Kier alpha value is -3.71. The van der Waals surface area contributed by atoms with Gasteiger partial charge in [-0.15, -0.1) is 0 Å². The number of hydrogen-bond donors (Lipinski definition) is 1. The molecule has 1 amide bonds. The molecule has 0 aliphatic carbocycles. The van der Waals surface area contributed by atoms with Crippen LogP contribution in [0, 0.1) is 10.1 Å². The van der Waals surface area contributed by atoms with Gasteiger partial charge in [0.05, 0.1) is 5.92 Å². The van der Waals surface area contributed by atoms with Gasteiger partial charge < -0.3 is 10.1 Å². The molecule has 1 N–H and O–H groups in total. The molecule has 0 aromatic heterocycles. The number of amides is 1. The van der Waals surface area contributed by atoms with Gasteiger partial charge in [-0.05, 0) is 24.7 Å². The molecular weight excluding hydrogens is 406 g/mol. The van der Waals surface area contributed by atoms with Gasteiger partial charge in [0.25, 0.3) is 11.9 Å². The molecular formula is C25H23N3O4. The Morgan fingerprint density at radius 2 is 1.75 bits per heavy atom. The third kappa shape index (κ3) is 2.97. The van der Waals surface area contributed by atoms with E-state index in [1.54, 1.807) is 19.2 Å². The van der Waals surface area contributed by atoms with Crippen molar-refractivity contribution in [2.75, 3.05) is 18.9 Å². The first-order valence-electron chi connectivity index (χ1n) is 10.5. The predicted molar refractivity (Wildman–Crippen MR) is 120 cm³/mol. The minimum Gasteiger partial charge on any atom is -0.489 e. The molecule has 3 atom stereocenters. The number of nitrogens with zero attached hydrogens (tertiary/aromatic N) is 2. The molecule has 2 heterocycles. The second-order valence-electron chi connectivity index (χ2n) is 8.30. The number of rotatable bonds is 5. The lowest BCUT2D eigenvalue weighted by atomic mass is 9.79. The molecule has 7 nitrogen and oxygen atoms in total. The number of nitro groups is 1. The largest absolute Gasteiger partial charge is 0.489 e. The summed E-state index contributed by atoms with van der Waals surface area (Å²) in [5.41, 5.74) is 1.67. The van der Waals surface area contributed by atoms with Crippen molar-refractivity contribution in [3.05, 3.63) is 106 Å². The molecule has 1 fully saturated rings. The van der Waals surface area contributed by atoms with Crippen molar-refractivity contribution in [2.24, 2.45) is 0 Å². The third-order valence-corrected chi connectivity index (χ3v) is 6.60. The molecule has 3 aromatic rings. The minimum atomic E-state index is -1.36. The summed E-state index contributed by atoms with van der Waals surface area (Å²) in [6.45, 7) is 0.719. The number of likely N-dealkylation sites (N-methyl/N-ethyl adjacent to an activating group) is 1. The highest BCUT2D eigenvalue weighted by Gasteiger charge is 2.68. The van der Waals surface area contributed by atoms with Crippen molar-refractivity contribution in [3.63, 3.8) is 0 Å². The Morgan fingerprint density at radius 3 is 2.53 bits per heavy atom. The van der Waals surface area contributed by atoms with Gasteiger partial charge in [0.2, 0.25) is 0 Å². The monoisotopic (exact) mass is 429 g/mol. The molecule has 0 bridgehead atoms. The van der Waals surface area contributed by atoms with Crippen molar-refractivity contribution in [1.29, 1.82) is 0 Å². The van der Waals surface area contributed by atoms with Crippen LogP contribution in [0.5, 0.6) is 5.75 Å². The van der Waals surface area contributed by atoms with Crippen LogP contribution in [0.25, 0.3) is 0 Å². The Morgan fingerprint density at radius 1 is 1.06 bits per heavy atom. The van der Waals surface area contributed by atoms with E-state index in [0.717, 1.165) is 11.1 Å². The Kier molecular flexibility index (Phi) is 4.90. The fourth-order valence-corrected chi connectivity index (χ4v) is 5.21. The molecule has 7 heteroatoms. The lowest BCUT2D eigenvalue weighted by molar-refractivity contribution is -0.534. The van der Waals surface area contributed by atoms with Crippen molar-refractivity contribution < 1.29 is 14.5 Å². The van der Waals surface area contributed by atoms with E-state index in [0.29, 0.717) is 30.2 Å². The maximum atomic E-state index is 13.3. The number of fused-ring (bicyclic) bond motifs is 2. The van der Waals surface area contributed by atoms with Crippen LogP contribution >= 0.6 is 0 Å². The molecule has 1 spiro atoms. The molecule has 2 aliphatic heterocycles. The molecule has 2 aliphatic rings. The predicted octanol–water partition coefficient (Wildman–Crippen LogP) is 3.79. The second kappa shape index (κ2) is 7.76. The fraction of sp³-hybridized carbons (Fsp3) is 0.240. The van der Waals surface area contributed by atoms with E-state index >= 15 is 0 Å². The van der Waals surface area contributed by atoms with E-state index in [1.807, 2.05) is 71.6 Å². The number of carbonyl (C=O) groups is 1. The Balaban J connectivity index is 1.56. The van der Waals surface area contributed by atoms with Crippen LogP contribution in [0.3, 0.4) is 0 Å². The van der Waals surface area contributed by atoms with Crippen LogP contribution in [-0.2, 0) is 16.9 Å². The molecule has 0 radical (unpaired) electrons. The lowest BCUT2D eigenvalue weighted by Gasteiger charge is -2.30. The fourth-order valence-electron chi connectivity index (χ4n) is 5.21. The van der Waals surface area contributed by atoms with Crippen LogP contribution in [0.15, 0.2) is 78.9 Å². The summed E-state index contributed by atoms with van der Waals surface area (Å²) in [5.74, 6) is -0.266. The Bertz CT molecular complexity index is 1180. The number of anilines is 1. The zero-order chi connectivity index (χ0) is 22.3. The highest BCUT2D eigenvalue weighted by atomic mass is 16.6. The average Bonchev–Trinajstić information content (AvgIpc) is 3.28. The molecule has 0 saturated carbocycles. The van der Waals surface area contributed by atoms with E-state index < -0.39 is 17.5 Å². The SMILES string of the molecule is CN1C[C@H](c2ccccc2OCc2ccccc2)[C@@H]([N+](=O)[O-])[C@@]12C(=O)Nc1ccccc12. The van der Waals surface area contributed by atoms with E-state index in [-0.39, 0.29) is 10.8 Å². The minimum absolute atomic E-state index is 0.302. The normalized spacial score (nSPS) is 24.3. The first kappa shape index (κ1) is 20.2. The van der Waals surface area contributed by atoms with Crippen LogP contribution in [0.2, 0.25) is 0 Å². The summed E-state index contributed by atoms with van der Waals surface area (Å²) in [4.78, 5) is 27.3. The van der Waals surface area contributed by atoms with Crippen molar-refractivity contribution in [3.8, 4) is 5.75 Å². The quantitative estimate of drug-likeness (QED) is 0.493. The van der Waals surface area contributed by atoms with E-state index in [2.05, 4.69) is 5.32 Å². The highest BCUT2D eigenvalue weighted by Crippen LogP contribution is 2.52. The van der Waals surface area contributed by atoms with Gasteiger partial charge in [-0.1, -0.05) is 66.7 Å². The highest BCUT2D eigenvalue weighted by molar-refractivity contribution is 6.06. The van der Waals surface area contributed by atoms with E-state index in [1.165, 1.54) is 0 Å². The summed E-state index contributed by atoms with van der Waals surface area (Å²) in [6.07, 6.45) is 0. The van der Waals surface area contributed by atoms with Crippen LogP contribution in [0.1, 0.15) is 22.6 Å². The van der Waals surface area contributed by atoms with Crippen molar-refractivity contribution in [2.45, 2.75) is 24.1 Å². The maximum Gasteiger partial charge on any atom is 0.256 e. The summed E-state index contributed by atoms with van der Waals surface area (Å²) in [7, 11) is 1.78. The Labute approximate surface area is 185 Å². The summed E-state index contributed by atoms with van der Waals surface area (Å²) in [6, 6.07) is 23.3. The molecule has 32 heavy (non-hydrogen) atoms. The number of nitrogens with one attached hydrogen (secondary N) is 1. The number of benzene rings is 3. The van der Waals surface area contributed by atoms with Crippen molar-refractivity contribution >= 4 is 11.6 Å². The molecule has 0 unspecified atom stereocenters. The van der Waals surface area contributed by atoms with Crippen LogP contribution < -0.4 is 10.1 Å². The molecule has 3 aromatic carbocycles. The zero-order valence-corrected chi connectivity index (χ0v) is 17.6. The number of hydrogen-bond acceptors (Lipinski definition) is 5. The summed E-state index contributed by atoms with van der Waals surface area (Å²) >= 11 is 0.